The Morgan fingerprint density at radius 2 is 1.75 bits per heavy atom. The zero-order valence-corrected chi connectivity index (χ0v) is 14.9. The predicted molar refractivity (Wildman–Crippen MR) is 98.8 cm³/mol. The lowest BCUT2D eigenvalue weighted by molar-refractivity contribution is -0.121. The number of amides is 1. The quantitative estimate of drug-likeness (QED) is 0.834. The molecule has 0 spiro atoms. The maximum atomic E-state index is 12.9. The lowest BCUT2D eigenvalue weighted by Crippen LogP contribution is -2.33. The molecule has 0 unspecified atom stereocenters. The first kappa shape index (κ1) is 16.7. The number of allylic oxidation sites excluding steroid dienone is 1. The summed E-state index contributed by atoms with van der Waals surface area (Å²) in [5, 5.41) is 2.97. The molecule has 0 aliphatic heterocycles. The van der Waals surface area contributed by atoms with E-state index in [9.17, 15) is 9.59 Å². The Hall–Kier alpha value is -2.20. The largest absolute Gasteiger partial charge is 0.326 e. The number of nitrogens with one attached hydrogen (secondary N) is 1. The van der Waals surface area contributed by atoms with Crippen LogP contribution in [0, 0.1) is 5.92 Å². The van der Waals surface area contributed by atoms with E-state index in [0.29, 0.717) is 6.42 Å². The third-order valence-corrected chi connectivity index (χ3v) is 4.85. The number of rotatable bonds is 3. The third kappa shape index (κ3) is 3.65. The Labute approximate surface area is 149 Å². The van der Waals surface area contributed by atoms with Crippen molar-refractivity contribution in [2.45, 2.75) is 19.3 Å². The standard InChI is InChI=1S/C20H18BrNO2/c1-13-11-17(23)12-18(14-7-9-15(21)10-8-14)19(13)20(24)22-16-5-3-2-4-6-16/h2-11,18-19H,12H2,1H3,(H,22,24)/t18-,19+/m0/s1. The minimum Gasteiger partial charge on any atom is -0.326 e. The molecule has 1 N–H and O–H groups in total. The van der Waals surface area contributed by atoms with Crippen LogP contribution in [0.4, 0.5) is 5.69 Å². The van der Waals surface area contributed by atoms with Crippen LogP contribution in [0.15, 0.2) is 70.7 Å². The molecule has 2 aromatic carbocycles. The predicted octanol–water partition coefficient (Wildman–Crippen LogP) is 4.71. The number of benzene rings is 2. The van der Waals surface area contributed by atoms with Gasteiger partial charge in [-0.3, -0.25) is 9.59 Å². The van der Waals surface area contributed by atoms with Gasteiger partial charge in [0.05, 0.1) is 5.92 Å². The van der Waals surface area contributed by atoms with Gasteiger partial charge in [0, 0.05) is 22.5 Å². The fraction of sp³-hybridized carbons (Fsp3) is 0.200. The van der Waals surface area contributed by atoms with E-state index in [0.717, 1.165) is 21.3 Å². The molecular formula is C20H18BrNO2. The maximum Gasteiger partial charge on any atom is 0.232 e. The van der Waals surface area contributed by atoms with Crippen LogP contribution in [0.5, 0.6) is 0 Å². The number of carbonyl (C=O) groups excluding carboxylic acids is 2. The van der Waals surface area contributed by atoms with Gasteiger partial charge in [0.15, 0.2) is 5.78 Å². The lowest BCUT2D eigenvalue weighted by atomic mass is 9.74. The van der Waals surface area contributed by atoms with Crippen LogP contribution in [0.25, 0.3) is 0 Å². The van der Waals surface area contributed by atoms with Gasteiger partial charge in [0.25, 0.3) is 0 Å². The Morgan fingerprint density at radius 1 is 1.08 bits per heavy atom. The third-order valence-electron chi connectivity index (χ3n) is 4.32. The summed E-state index contributed by atoms with van der Waals surface area (Å²) in [6.45, 7) is 1.86. The van der Waals surface area contributed by atoms with Crippen LogP contribution in [0.1, 0.15) is 24.8 Å². The van der Waals surface area contributed by atoms with Crippen molar-refractivity contribution >= 4 is 33.3 Å². The van der Waals surface area contributed by atoms with Crippen LogP contribution >= 0.6 is 15.9 Å². The van der Waals surface area contributed by atoms with Crippen molar-refractivity contribution in [2.24, 2.45) is 5.92 Å². The molecule has 0 fully saturated rings. The highest BCUT2D eigenvalue weighted by molar-refractivity contribution is 9.10. The zero-order chi connectivity index (χ0) is 17.1. The van der Waals surface area contributed by atoms with Crippen LogP contribution in [0.2, 0.25) is 0 Å². The molecule has 4 heteroatoms. The minimum absolute atomic E-state index is 0.0733. The van der Waals surface area contributed by atoms with Gasteiger partial charge in [-0.15, -0.1) is 0 Å². The summed E-state index contributed by atoms with van der Waals surface area (Å²) in [5.74, 6) is -0.483. The van der Waals surface area contributed by atoms with Crippen molar-refractivity contribution in [3.63, 3.8) is 0 Å². The second-order valence-corrected chi connectivity index (χ2v) is 6.97. The van der Waals surface area contributed by atoms with Crippen molar-refractivity contribution in [3.8, 4) is 0 Å². The first-order valence-corrected chi connectivity index (χ1v) is 8.66. The smallest absolute Gasteiger partial charge is 0.232 e. The number of para-hydroxylation sites is 1. The molecule has 0 heterocycles. The average molecular weight is 384 g/mol. The number of hydrogen-bond donors (Lipinski definition) is 1. The number of halogens is 1. The van der Waals surface area contributed by atoms with Gasteiger partial charge >= 0.3 is 0 Å². The molecule has 1 aliphatic rings. The van der Waals surface area contributed by atoms with Gasteiger partial charge in [-0.1, -0.05) is 51.8 Å². The van der Waals surface area contributed by atoms with Gasteiger partial charge in [0.1, 0.15) is 0 Å². The van der Waals surface area contributed by atoms with Gasteiger partial charge in [0.2, 0.25) is 5.91 Å². The summed E-state index contributed by atoms with van der Waals surface area (Å²) in [7, 11) is 0. The average Bonchev–Trinajstić information content (AvgIpc) is 2.55. The van der Waals surface area contributed by atoms with E-state index in [2.05, 4.69) is 21.2 Å². The second kappa shape index (κ2) is 7.14. The SMILES string of the molecule is CC1=CC(=O)C[C@@H](c2ccc(Br)cc2)[C@@H]1C(=O)Nc1ccccc1. The van der Waals surface area contributed by atoms with E-state index in [1.807, 2.05) is 61.5 Å². The van der Waals surface area contributed by atoms with E-state index in [1.165, 1.54) is 0 Å². The van der Waals surface area contributed by atoms with E-state index in [1.54, 1.807) is 6.08 Å². The summed E-state index contributed by atoms with van der Waals surface area (Å²) in [4.78, 5) is 24.9. The molecule has 2 aromatic rings. The molecule has 2 atom stereocenters. The Balaban J connectivity index is 1.91. The van der Waals surface area contributed by atoms with Crippen LogP contribution in [0.3, 0.4) is 0 Å². The fourth-order valence-electron chi connectivity index (χ4n) is 3.21. The van der Waals surface area contributed by atoms with E-state index in [-0.39, 0.29) is 23.5 Å². The van der Waals surface area contributed by atoms with E-state index < -0.39 is 0 Å². The summed E-state index contributed by atoms with van der Waals surface area (Å²) in [5.41, 5.74) is 2.58. The summed E-state index contributed by atoms with van der Waals surface area (Å²) < 4.78 is 0.978. The van der Waals surface area contributed by atoms with Crippen LogP contribution < -0.4 is 5.32 Å². The van der Waals surface area contributed by atoms with Crippen LogP contribution in [-0.4, -0.2) is 11.7 Å². The summed E-state index contributed by atoms with van der Waals surface area (Å²) in [6.07, 6.45) is 1.95. The molecule has 0 radical (unpaired) electrons. The van der Waals surface area contributed by atoms with Crippen molar-refractivity contribution in [1.29, 1.82) is 0 Å². The highest BCUT2D eigenvalue weighted by Gasteiger charge is 2.35. The van der Waals surface area contributed by atoms with Crippen molar-refractivity contribution < 1.29 is 9.59 Å². The topological polar surface area (TPSA) is 46.2 Å². The van der Waals surface area contributed by atoms with Crippen molar-refractivity contribution in [2.75, 3.05) is 5.32 Å². The Kier molecular flexibility index (Phi) is 4.95. The molecule has 0 bridgehead atoms. The zero-order valence-electron chi connectivity index (χ0n) is 13.3. The molecule has 3 rings (SSSR count). The monoisotopic (exact) mass is 383 g/mol. The number of anilines is 1. The summed E-state index contributed by atoms with van der Waals surface area (Å²) in [6, 6.07) is 17.2. The number of ketones is 1. The van der Waals surface area contributed by atoms with Gasteiger partial charge < -0.3 is 5.32 Å². The molecular weight excluding hydrogens is 366 g/mol. The first-order valence-electron chi connectivity index (χ1n) is 7.87. The minimum atomic E-state index is -0.343. The number of carbonyl (C=O) groups is 2. The van der Waals surface area contributed by atoms with E-state index >= 15 is 0 Å². The molecule has 3 nitrogen and oxygen atoms in total. The van der Waals surface area contributed by atoms with Gasteiger partial charge in [-0.2, -0.15) is 0 Å². The molecule has 0 saturated heterocycles. The Bertz CT molecular complexity index is 781. The molecule has 122 valence electrons. The fourth-order valence-corrected chi connectivity index (χ4v) is 3.47. The normalized spacial score (nSPS) is 20.4. The van der Waals surface area contributed by atoms with Crippen LogP contribution in [-0.2, 0) is 9.59 Å². The molecule has 0 aromatic heterocycles. The summed E-state index contributed by atoms with van der Waals surface area (Å²) >= 11 is 3.42. The molecule has 1 aliphatic carbocycles. The highest BCUT2D eigenvalue weighted by Crippen LogP contribution is 2.38. The first-order chi connectivity index (χ1) is 11.5. The molecule has 24 heavy (non-hydrogen) atoms. The number of hydrogen-bond acceptors (Lipinski definition) is 2. The Morgan fingerprint density at radius 3 is 2.42 bits per heavy atom. The van der Waals surface area contributed by atoms with E-state index in [4.69, 9.17) is 0 Å². The van der Waals surface area contributed by atoms with Crippen molar-refractivity contribution in [1.82, 2.24) is 0 Å². The van der Waals surface area contributed by atoms with Gasteiger partial charge in [-0.25, -0.2) is 0 Å². The molecule has 0 saturated carbocycles. The molecule has 1 amide bonds. The lowest BCUT2D eigenvalue weighted by Gasteiger charge is -2.30. The maximum absolute atomic E-state index is 12.9. The van der Waals surface area contributed by atoms with Crippen molar-refractivity contribution in [3.05, 3.63) is 76.3 Å². The second-order valence-electron chi connectivity index (χ2n) is 6.05. The van der Waals surface area contributed by atoms with Gasteiger partial charge in [-0.05, 0) is 42.8 Å². The highest BCUT2D eigenvalue weighted by atomic mass is 79.9.